The van der Waals surface area contributed by atoms with Crippen molar-refractivity contribution in [3.63, 3.8) is 0 Å². The molecule has 8 fully saturated rings. The summed E-state index contributed by atoms with van der Waals surface area (Å²) in [6, 6.07) is 21.1. The molecule has 5 aliphatic heterocycles. The summed E-state index contributed by atoms with van der Waals surface area (Å²) in [5, 5.41) is 22.4. The Morgan fingerprint density at radius 3 is 1.21 bits per heavy atom. The Hall–Kier alpha value is -7.37. The molecule has 4 aliphatic carbocycles. The highest BCUT2D eigenvalue weighted by atomic mass is 79.9. The summed E-state index contributed by atoms with van der Waals surface area (Å²) in [6.07, 6.45) is 13.4. The minimum atomic E-state index is -0.914. The third-order valence-electron chi connectivity index (χ3n) is 20.6. The second kappa shape index (κ2) is 38.0. The van der Waals surface area contributed by atoms with E-state index in [1.54, 1.807) is 67.0 Å². The van der Waals surface area contributed by atoms with Crippen LogP contribution < -0.4 is 33.6 Å². The van der Waals surface area contributed by atoms with Crippen molar-refractivity contribution in [2.75, 3.05) is 33.6 Å². The Bertz CT molecular complexity index is 3980. The van der Waals surface area contributed by atoms with E-state index in [9.17, 15) is 38.7 Å². The normalized spacial score (nSPS) is 24.0. The summed E-state index contributed by atoms with van der Waals surface area (Å²) in [4.78, 5) is 108. The average molecular weight is 1790 g/mol. The van der Waals surface area contributed by atoms with Crippen molar-refractivity contribution in [3.05, 3.63) is 96.3 Å². The van der Waals surface area contributed by atoms with E-state index in [0.29, 0.717) is 46.1 Å². The quantitative estimate of drug-likeness (QED) is 0.0600. The molecule has 5 heterocycles. The largest absolute Gasteiger partial charge is 0.481 e. The first kappa shape index (κ1) is 89.8. The zero-order valence-corrected chi connectivity index (χ0v) is 72.7. The maximum atomic E-state index is 12.9. The van der Waals surface area contributed by atoms with Gasteiger partial charge in [-0.1, -0.05) is 97.3 Å². The average Bonchev–Trinajstić information content (AvgIpc) is 1.63. The van der Waals surface area contributed by atoms with Gasteiger partial charge in [0.2, 0.25) is 11.8 Å². The number of nitrogens with zero attached hydrogens (tertiary/aromatic N) is 5. The van der Waals surface area contributed by atoms with Crippen LogP contribution >= 0.6 is 63.7 Å². The number of amides is 6. The third-order valence-corrected chi connectivity index (χ3v) is 22.5. The van der Waals surface area contributed by atoms with Crippen LogP contribution in [0.15, 0.2) is 95.7 Å². The summed E-state index contributed by atoms with van der Waals surface area (Å²) < 4.78 is 25.7. The number of hydrogen-bond acceptors (Lipinski definition) is 17. The van der Waals surface area contributed by atoms with Crippen molar-refractivity contribution >= 4 is 157 Å². The molecule has 4 saturated carbocycles. The zero-order chi connectivity index (χ0) is 82.0. The van der Waals surface area contributed by atoms with Gasteiger partial charge in [0.25, 0.3) is 5.97 Å². The van der Waals surface area contributed by atoms with E-state index in [1.807, 2.05) is 91.5 Å². The Kier molecular flexibility index (Phi) is 31.0. The first-order chi connectivity index (χ1) is 51.2. The molecule has 4 aromatic carbocycles. The van der Waals surface area contributed by atoms with Crippen molar-refractivity contribution in [1.29, 1.82) is 0 Å². The topological polar surface area (TPSA) is 367 Å². The number of aliphatic carboxylic acids is 2. The number of nitrogens with one attached hydrogen (secondary N) is 2. The van der Waals surface area contributed by atoms with Gasteiger partial charge in [0, 0.05) is 61.1 Å². The number of carbonyl (C=O) groups is 8. The van der Waals surface area contributed by atoms with Gasteiger partial charge < -0.3 is 62.7 Å². The fourth-order valence-corrected chi connectivity index (χ4v) is 17.1. The molecule has 0 spiro atoms. The smallest absolute Gasteiger partial charge is 0.411 e. The lowest BCUT2D eigenvalue weighted by Crippen LogP contribution is -2.52. The van der Waals surface area contributed by atoms with Crippen molar-refractivity contribution in [2.45, 2.75) is 278 Å². The van der Waals surface area contributed by atoms with Gasteiger partial charge in [-0.05, 0) is 268 Å². The first-order valence-corrected chi connectivity index (χ1v) is 41.2. The molecule has 13 rings (SSSR count). The first-order valence-electron chi connectivity index (χ1n) is 38.0. The molecule has 606 valence electrons. The van der Waals surface area contributed by atoms with Crippen LogP contribution in [0.2, 0.25) is 0 Å². The number of carboxylic acid groups (broad SMARTS) is 2. The standard InChI is InChI=1S/C19H23BrN2O2.2C18H24BrN3O3.C12H19NO4.C6H7BrN2.C6H14.C2H4O2/c1-19(2,3)24-18(23)22-14-6-4-11(9-14)17(22)16-10-12-8-13(20)5-7-15(12)21-16;1-18(2,3)25-17(24)22-12-6-4-10(8-12)15(22)16(23)21-14-7-5-11(19)9-13(14)20;1-18(2,3)25-17(24)22-12-6-4-10(8-12)15(22)16(23)21-14-9-11(19)5-7-13(14)20;1-12(2,3)17-11(16)13-8-5-4-7(6-8)9(13)10(14)15;7-4-1-2-5(8)6(9)3-4;1-4-6(3)5-2;1-2(3)4/h5,7-8,11,14,17H,4,6,9-10H2,1-3H3;2*5,7,9-10,12,15H,4,6,8,20H2,1-3H3,(H,21,23);7-9H,4-6H2,1-3H3,(H,14,15);1-3H,8-9H2;6H,4-5H2,1-3H3;1H3,(H,3,4)/t11-,14+,17-;2*10-,12+,15-;7-,8+,9-;;;/m0000.../s1. The number of halogens is 4. The summed E-state index contributed by atoms with van der Waals surface area (Å²) in [5.41, 5.74) is 27.3. The molecule has 12 N–H and O–H groups in total. The predicted octanol–water partition coefficient (Wildman–Crippen LogP) is 18.4. The Morgan fingerprint density at radius 1 is 0.464 bits per heavy atom. The maximum absolute atomic E-state index is 12.9. The molecule has 0 radical (unpaired) electrons. The van der Waals surface area contributed by atoms with Crippen LogP contribution in [0.1, 0.15) is 206 Å². The van der Waals surface area contributed by atoms with Crippen LogP contribution in [0.4, 0.5) is 59.0 Å². The van der Waals surface area contributed by atoms with E-state index in [0.717, 1.165) is 119 Å². The van der Waals surface area contributed by atoms with E-state index < -0.39 is 70.7 Å². The molecule has 25 nitrogen and oxygen atoms in total. The number of fused-ring (bicyclic) bond motifs is 9. The number of carbonyl (C=O) groups excluding carboxylic acids is 6. The number of benzene rings is 4. The van der Waals surface area contributed by atoms with Gasteiger partial charge in [0.1, 0.15) is 40.5 Å². The van der Waals surface area contributed by atoms with Gasteiger partial charge in [0.15, 0.2) is 0 Å². The molecule has 0 unspecified atom stereocenters. The minimum Gasteiger partial charge on any atom is -0.481 e. The van der Waals surface area contributed by atoms with Gasteiger partial charge in [-0.3, -0.25) is 39.0 Å². The van der Waals surface area contributed by atoms with Crippen LogP contribution in [-0.2, 0) is 44.5 Å². The Labute approximate surface area is 682 Å². The molecular formula is C81H115Br4N11O14. The van der Waals surface area contributed by atoms with E-state index in [1.165, 1.54) is 29.7 Å². The van der Waals surface area contributed by atoms with E-state index in [4.69, 9.17) is 56.8 Å². The molecule has 4 aromatic rings. The Morgan fingerprint density at radius 2 is 0.809 bits per heavy atom. The van der Waals surface area contributed by atoms with Crippen LogP contribution in [-0.4, -0.2) is 154 Å². The second-order valence-electron chi connectivity index (χ2n) is 33.8. The number of ether oxygens (including phenoxy) is 4. The number of nitrogen functional groups attached to an aromatic ring is 4. The highest BCUT2D eigenvalue weighted by molar-refractivity contribution is 9.11. The predicted molar refractivity (Wildman–Crippen MR) is 445 cm³/mol. The molecule has 12 atom stereocenters. The summed E-state index contributed by atoms with van der Waals surface area (Å²) in [6.45, 7) is 29.9. The second-order valence-corrected chi connectivity index (χ2v) is 37.4. The van der Waals surface area contributed by atoms with Crippen LogP contribution in [0.25, 0.3) is 0 Å². The van der Waals surface area contributed by atoms with Crippen LogP contribution in [0.3, 0.4) is 0 Å². The fraction of sp³-hybridized carbons (Fsp3) is 0.593. The molecule has 6 amide bonds. The summed E-state index contributed by atoms with van der Waals surface area (Å²) >= 11 is 13.5. The number of likely N-dealkylation sites (tertiary alicyclic amines) is 4. The number of aliphatic imine (C=N–C) groups is 1. The molecule has 4 saturated heterocycles. The number of carboxylic acids is 2. The maximum Gasteiger partial charge on any atom is 0.411 e. The zero-order valence-electron chi connectivity index (χ0n) is 66.4. The van der Waals surface area contributed by atoms with E-state index >= 15 is 0 Å². The summed E-state index contributed by atoms with van der Waals surface area (Å²) in [5.74, 6) is -0.243. The van der Waals surface area contributed by atoms with Crippen molar-refractivity contribution in [3.8, 4) is 0 Å². The summed E-state index contributed by atoms with van der Waals surface area (Å²) in [7, 11) is 0. The van der Waals surface area contributed by atoms with Crippen molar-refractivity contribution < 1.29 is 67.5 Å². The lowest BCUT2D eigenvalue weighted by molar-refractivity contribution is -0.144. The molecule has 8 bridgehead atoms. The molecule has 110 heavy (non-hydrogen) atoms. The number of anilines is 6. The minimum absolute atomic E-state index is 0.0518. The lowest BCUT2D eigenvalue weighted by atomic mass is 9.92. The fourth-order valence-electron chi connectivity index (χ4n) is 15.6. The molecular weight excluding hydrogens is 1670 g/mol. The third kappa shape index (κ3) is 24.8. The van der Waals surface area contributed by atoms with Crippen molar-refractivity contribution in [1.82, 2.24) is 19.6 Å². The number of hydrogen-bond donors (Lipinski definition) is 8. The number of piperidine rings is 4. The monoisotopic (exact) mass is 1780 g/mol. The number of nitrogens with two attached hydrogens (primary N) is 4. The SMILES string of the molecule is CC(=O)O.CC(C)(C)OC(=O)N1[C@@H]2CC[C@@H](C2)[C@H]1C(=O)Nc1cc(Br)ccc1N.CC(C)(C)OC(=O)N1[C@@H]2CC[C@@H](C2)[C@H]1C(=O)Nc1ccc(Br)cc1N.CC(C)(C)OC(=O)N1[C@@H]2CC[C@@H](C2)[C@H]1C(=O)O.CC(C)(C)OC(=O)N1[C@@H]2CC[C@@H](C2)[C@H]1C1=Nc2ccc(Br)cc2C1.CCC(C)CC.Nc1ccc(Br)cc1N. The van der Waals surface area contributed by atoms with E-state index in [-0.39, 0.29) is 59.8 Å². The molecule has 29 heteroatoms. The number of rotatable bonds is 8. The van der Waals surface area contributed by atoms with Gasteiger partial charge >= 0.3 is 30.3 Å². The van der Waals surface area contributed by atoms with Crippen LogP contribution in [0.5, 0.6) is 0 Å². The highest BCUT2D eigenvalue weighted by Gasteiger charge is 2.56. The van der Waals surface area contributed by atoms with Crippen LogP contribution in [0, 0.1) is 29.6 Å². The van der Waals surface area contributed by atoms with E-state index in [2.05, 4.69) is 107 Å². The molecule has 0 aromatic heterocycles. The van der Waals surface area contributed by atoms with Crippen molar-refractivity contribution in [2.24, 2.45) is 34.6 Å². The lowest BCUT2D eigenvalue weighted by Gasteiger charge is -2.36. The van der Waals surface area contributed by atoms with Gasteiger partial charge in [-0.25, -0.2) is 24.0 Å². The van der Waals surface area contributed by atoms with Gasteiger partial charge in [-0.2, -0.15) is 0 Å². The van der Waals surface area contributed by atoms with Gasteiger partial charge in [-0.15, -0.1) is 0 Å². The van der Waals surface area contributed by atoms with Gasteiger partial charge in [0.05, 0.1) is 45.9 Å². The highest BCUT2D eigenvalue weighted by Crippen LogP contribution is 2.49. The molecule has 9 aliphatic rings. The Balaban J connectivity index is 0.000000190.